The fraction of sp³-hybridized carbons (Fsp3) is 0.471. The number of hydrogen-bond donors (Lipinski definition) is 2. The molecular formula is C17H27IN6O2. The Kier molecular flexibility index (Phi) is 9.78. The highest BCUT2D eigenvalue weighted by atomic mass is 127. The molecule has 1 unspecified atom stereocenters. The predicted molar refractivity (Wildman–Crippen MR) is 112 cm³/mol. The lowest BCUT2D eigenvalue weighted by molar-refractivity contribution is 0.213. The molecule has 0 fully saturated rings. The van der Waals surface area contributed by atoms with Crippen molar-refractivity contribution in [3.8, 4) is 11.5 Å². The summed E-state index contributed by atoms with van der Waals surface area (Å²) in [6, 6.07) is 7.60. The number of methoxy groups -OCH3 is 1. The van der Waals surface area contributed by atoms with Gasteiger partial charge >= 0.3 is 0 Å². The van der Waals surface area contributed by atoms with Gasteiger partial charge in [0.25, 0.3) is 0 Å². The topological polar surface area (TPSA) is 85.6 Å². The zero-order chi connectivity index (χ0) is 18.1. The molecule has 144 valence electrons. The number of halogens is 1. The first kappa shape index (κ1) is 22.0. The van der Waals surface area contributed by atoms with Crippen LogP contribution >= 0.6 is 24.0 Å². The van der Waals surface area contributed by atoms with E-state index in [1.54, 1.807) is 11.8 Å². The van der Waals surface area contributed by atoms with E-state index in [9.17, 15) is 0 Å². The van der Waals surface area contributed by atoms with Crippen LogP contribution in [0.5, 0.6) is 11.5 Å². The van der Waals surface area contributed by atoms with Crippen molar-refractivity contribution >= 4 is 29.9 Å². The second kappa shape index (κ2) is 11.6. The lowest BCUT2D eigenvalue weighted by Gasteiger charge is -2.19. The van der Waals surface area contributed by atoms with E-state index in [1.807, 2.05) is 45.2 Å². The monoisotopic (exact) mass is 474 g/mol. The highest BCUT2D eigenvalue weighted by Gasteiger charge is 2.09. The zero-order valence-electron chi connectivity index (χ0n) is 15.6. The second-order valence-corrected chi connectivity index (χ2v) is 5.46. The maximum atomic E-state index is 5.94. The van der Waals surface area contributed by atoms with Gasteiger partial charge < -0.3 is 20.1 Å². The fourth-order valence-electron chi connectivity index (χ4n) is 2.17. The Morgan fingerprint density at radius 2 is 2.00 bits per heavy atom. The summed E-state index contributed by atoms with van der Waals surface area (Å²) in [5.41, 5.74) is 0. The highest BCUT2D eigenvalue weighted by Crippen LogP contribution is 2.26. The van der Waals surface area contributed by atoms with Crippen LogP contribution in [0, 0.1) is 0 Å². The lowest BCUT2D eigenvalue weighted by Crippen LogP contribution is -2.41. The van der Waals surface area contributed by atoms with Gasteiger partial charge in [0.05, 0.1) is 13.7 Å². The van der Waals surface area contributed by atoms with E-state index < -0.39 is 0 Å². The minimum absolute atomic E-state index is 0. The molecule has 0 spiro atoms. The van der Waals surface area contributed by atoms with Crippen LogP contribution in [0.25, 0.3) is 0 Å². The van der Waals surface area contributed by atoms with Crippen LogP contribution in [-0.4, -0.2) is 47.0 Å². The van der Waals surface area contributed by atoms with Crippen LogP contribution in [0.1, 0.15) is 19.7 Å². The number of hydrogen-bond acceptors (Lipinski definition) is 5. The summed E-state index contributed by atoms with van der Waals surface area (Å²) >= 11 is 0. The molecule has 0 amide bonds. The quantitative estimate of drug-likeness (QED) is 0.346. The van der Waals surface area contributed by atoms with Crippen molar-refractivity contribution in [2.75, 3.05) is 20.2 Å². The van der Waals surface area contributed by atoms with Crippen molar-refractivity contribution in [1.29, 1.82) is 0 Å². The summed E-state index contributed by atoms with van der Waals surface area (Å²) in [7, 11) is 3.48. The number of ether oxygens (including phenoxy) is 2. The molecular weight excluding hydrogens is 447 g/mol. The third kappa shape index (κ3) is 6.70. The van der Waals surface area contributed by atoms with Crippen LogP contribution in [0.15, 0.2) is 35.6 Å². The first-order valence-corrected chi connectivity index (χ1v) is 8.28. The predicted octanol–water partition coefficient (Wildman–Crippen LogP) is 1.96. The number of guanidine groups is 1. The number of aliphatic imine (C=N–C) groups is 1. The van der Waals surface area contributed by atoms with Gasteiger partial charge in [0.15, 0.2) is 17.5 Å². The van der Waals surface area contributed by atoms with Crippen molar-refractivity contribution < 1.29 is 9.47 Å². The third-order valence-corrected chi connectivity index (χ3v) is 3.48. The Bertz CT molecular complexity index is 691. The summed E-state index contributed by atoms with van der Waals surface area (Å²) in [4.78, 5) is 8.69. The number of para-hydroxylation sites is 2. The van der Waals surface area contributed by atoms with E-state index in [2.05, 4.69) is 25.7 Å². The van der Waals surface area contributed by atoms with Gasteiger partial charge in [0.2, 0.25) is 0 Å². The van der Waals surface area contributed by atoms with Crippen LogP contribution in [-0.2, 0) is 13.6 Å². The molecule has 8 nitrogen and oxygen atoms in total. The van der Waals surface area contributed by atoms with Crippen LogP contribution in [0.4, 0.5) is 0 Å². The normalized spacial score (nSPS) is 12.1. The Balaban J connectivity index is 0.00000338. The number of nitrogens with one attached hydrogen (secondary N) is 2. The summed E-state index contributed by atoms with van der Waals surface area (Å²) in [6.45, 7) is 5.84. The molecule has 2 N–H and O–H groups in total. The molecule has 9 heteroatoms. The molecule has 0 bridgehead atoms. The SMILES string of the molecule is CCNC(=NCc1ncnn1C)NCC(C)Oc1ccccc1OC.I. The third-order valence-electron chi connectivity index (χ3n) is 3.48. The van der Waals surface area contributed by atoms with Gasteiger partial charge in [-0.3, -0.25) is 4.68 Å². The maximum Gasteiger partial charge on any atom is 0.191 e. The molecule has 1 aromatic heterocycles. The molecule has 0 radical (unpaired) electrons. The van der Waals surface area contributed by atoms with Crippen molar-refractivity contribution in [1.82, 2.24) is 25.4 Å². The largest absolute Gasteiger partial charge is 0.493 e. The zero-order valence-corrected chi connectivity index (χ0v) is 17.9. The van der Waals surface area contributed by atoms with Gasteiger partial charge in [-0.25, -0.2) is 9.98 Å². The Labute approximate surface area is 171 Å². The molecule has 1 aromatic carbocycles. The van der Waals surface area contributed by atoms with E-state index in [0.29, 0.717) is 19.0 Å². The summed E-state index contributed by atoms with van der Waals surface area (Å²) < 4.78 is 13.0. The van der Waals surface area contributed by atoms with Crippen molar-refractivity contribution in [2.24, 2.45) is 12.0 Å². The average molecular weight is 474 g/mol. The molecule has 0 saturated carbocycles. The van der Waals surface area contributed by atoms with E-state index in [4.69, 9.17) is 9.47 Å². The van der Waals surface area contributed by atoms with Crippen LogP contribution in [0.2, 0.25) is 0 Å². The fourth-order valence-corrected chi connectivity index (χ4v) is 2.17. The molecule has 0 aliphatic carbocycles. The minimum Gasteiger partial charge on any atom is -0.493 e. The van der Waals surface area contributed by atoms with Crippen molar-refractivity contribution in [3.63, 3.8) is 0 Å². The minimum atomic E-state index is -0.0602. The standard InChI is InChI=1S/C17H26N6O2.HI/c1-5-18-17(20-11-16-21-12-22-23(16)3)19-10-13(2)25-15-9-7-6-8-14(15)24-4;/h6-9,12-13H,5,10-11H2,1-4H3,(H2,18,19,20);1H. The number of nitrogens with zero attached hydrogens (tertiary/aromatic N) is 4. The molecule has 26 heavy (non-hydrogen) atoms. The van der Waals surface area contributed by atoms with Gasteiger partial charge in [0.1, 0.15) is 24.8 Å². The van der Waals surface area contributed by atoms with Gasteiger partial charge in [0, 0.05) is 13.6 Å². The molecule has 1 atom stereocenters. The summed E-state index contributed by atoms with van der Waals surface area (Å²) in [5.74, 6) is 2.95. The number of aryl methyl sites for hydroxylation is 1. The van der Waals surface area contributed by atoms with Gasteiger partial charge in [-0.05, 0) is 26.0 Å². The first-order valence-electron chi connectivity index (χ1n) is 8.28. The molecule has 0 saturated heterocycles. The van der Waals surface area contributed by atoms with Gasteiger partial charge in [-0.15, -0.1) is 24.0 Å². The lowest BCUT2D eigenvalue weighted by atomic mass is 10.3. The second-order valence-electron chi connectivity index (χ2n) is 5.46. The highest BCUT2D eigenvalue weighted by molar-refractivity contribution is 14.0. The molecule has 0 aliphatic heterocycles. The Hall–Kier alpha value is -2.04. The first-order chi connectivity index (χ1) is 12.1. The molecule has 2 rings (SSSR count). The van der Waals surface area contributed by atoms with Crippen molar-refractivity contribution in [3.05, 3.63) is 36.4 Å². The van der Waals surface area contributed by atoms with E-state index in [0.717, 1.165) is 23.9 Å². The molecule has 2 aromatic rings. The summed E-state index contributed by atoms with van der Waals surface area (Å²) in [6.07, 6.45) is 1.46. The van der Waals surface area contributed by atoms with Crippen LogP contribution in [0.3, 0.4) is 0 Å². The van der Waals surface area contributed by atoms with Gasteiger partial charge in [-0.1, -0.05) is 12.1 Å². The summed E-state index contributed by atoms with van der Waals surface area (Å²) in [5, 5.41) is 10.5. The molecule has 1 heterocycles. The Morgan fingerprint density at radius 3 is 2.62 bits per heavy atom. The Morgan fingerprint density at radius 1 is 1.27 bits per heavy atom. The van der Waals surface area contributed by atoms with E-state index >= 15 is 0 Å². The van der Waals surface area contributed by atoms with Gasteiger partial charge in [-0.2, -0.15) is 5.10 Å². The number of aromatic nitrogens is 3. The number of rotatable bonds is 8. The maximum absolute atomic E-state index is 5.94. The van der Waals surface area contributed by atoms with E-state index in [1.165, 1.54) is 6.33 Å². The molecule has 0 aliphatic rings. The smallest absolute Gasteiger partial charge is 0.191 e. The van der Waals surface area contributed by atoms with Crippen LogP contribution < -0.4 is 20.1 Å². The number of benzene rings is 1. The average Bonchev–Trinajstić information content (AvgIpc) is 3.03. The van der Waals surface area contributed by atoms with E-state index in [-0.39, 0.29) is 30.1 Å². The van der Waals surface area contributed by atoms with Crippen molar-refractivity contribution in [2.45, 2.75) is 26.5 Å².